The van der Waals surface area contributed by atoms with E-state index in [4.69, 9.17) is 4.74 Å². The molecule has 0 saturated carbocycles. The minimum Gasteiger partial charge on any atom is -0.503 e. The molecule has 0 aliphatic rings. The van der Waals surface area contributed by atoms with Gasteiger partial charge in [-0.2, -0.15) is 0 Å². The van der Waals surface area contributed by atoms with Crippen LogP contribution in [0.5, 0.6) is 5.75 Å². The van der Waals surface area contributed by atoms with Crippen molar-refractivity contribution in [3.63, 3.8) is 0 Å². The van der Waals surface area contributed by atoms with Crippen molar-refractivity contribution in [3.05, 3.63) is 22.8 Å². The van der Waals surface area contributed by atoms with Crippen molar-refractivity contribution in [2.45, 2.75) is 6.92 Å². The van der Waals surface area contributed by atoms with Crippen molar-refractivity contribution >= 4 is 27.5 Å². The molecule has 2 rings (SSSR count). The van der Waals surface area contributed by atoms with Gasteiger partial charge >= 0.3 is 5.97 Å². The van der Waals surface area contributed by atoms with E-state index in [2.05, 4.69) is 25.9 Å². The van der Waals surface area contributed by atoms with Gasteiger partial charge in [0.15, 0.2) is 17.1 Å². The van der Waals surface area contributed by atoms with Crippen LogP contribution in [0.3, 0.4) is 0 Å². The molecule has 0 amide bonds. The van der Waals surface area contributed by atoms with E-state index in [1.54, 1.807) is 13.1 Å². The number of rotatable bonds is 2. The highest BCUT2D eigenvalue weighted by molar-refractivity contribution is 9.10. The maximum absolute atomic E-state index is 11.4. The molecule has 6 nitrogen and oxygen atoms in total. The first-order valence-electron chi connectivity index (χ1n) is 4.52. The minimum absolute atomic E-state index is 0.132. The molecule has 0 aliphatic carbocycles. The number of esters is 1. The first kappa shape index (κ1) is 10.9. The number of imidazole rings is 1. The lowest BCUT2D eigenvalue weighted by atomic mass is 10.3. The average Bonchev–Trinajstić information content (AvgIpc) is 2.60. The Kier molecular flexibility index (Phi) is 2.78. The van der Waals surface area contributed by atoms with Crippen LogP contribution in [0.25, 0.3) is 5.65 Å². The molecule has 1 N–H and O–H groups in total. The molecule has 84 valence electrons. The van der Waals surface area contributed by atoms with E-state index in [0.717, 1.165) is 0 Å². The molecule has 2 aromatic heterocycles. The fourth-order valence-electron chi connectivity index (χ4n) is 1.26. The lowest BCUT2D eigenvalue weighted by molar-refractivity contribution is 0.0516. The van der Waals surface area contributed by atoms with Gasteiger partial charge in [-0.05, 0) is 22.9 Å². The van der Waals surface area contributed by atoms with Crippen LogP contribution in [0.2, 0.25) is 0 Å². The van der Waals surface area contributed by atoms with Gasteiger partial charge in [0.2, 0.25) is 0 Å². The highest BCUT2D eigenvalue weighted by atomic mass is 79.9. The van der Waals surface area contributed by atoms with E-state index in [1.807, 2.05) is 0 Å². The van der Waals surface area contributed by atoms with Gasteiger partial charge in [0, 0.05) is 6.20 Å². The first-order chi connectivity index (χ1) is 7.63. The number of hydrogen-bond acceptors (Lipinski definition) is 5. The maximum atomic E-state index is 11.4. The second kappa shape index (κ2) is 4.09. The number of ether oxygens (including phenoxy) is 1. The molecule has 0 spiro atoms. The zero-order chi connectivity index (χ0) is 11.7. The molecule has 0 aliphatic heterocycles. The number of carbonyl (C=O) groups excluding carboxylic acids is 1. The van der Waals surface area contributed by atoms with Gasteiger partial charge in [-0.25, -0.2) is 14.8 Å². The van der Waals surface area contributed by atoms with Crippen molar-refractivity contribution < 1.29 is 14.6 Å². The SMILES string of the molecule is CCOC(=O)c1ncn2cc(Br)nc2c1O. The van der Waals surface area contributed by atoms with Crippen LogP contribution in [0.15, 0.2) is 17.1 Å². The molecule has 16 heavy (non-hydrogen) atoms. The summed E-state index contributed by atoms with van der Waals surface area (Å²) < 4.78 is 6.80. The fraction of sp³-hybridized carbons (Fsp3) is 0.222. The van der Waals surface area contributed by atoms with Crippen LogP contribution in [-0.4, -0.2) is 32.1 Å². The molecule has 0 fully saturated rings. The van der Waals surface area contributed by atoms with E-state index in [-0.39, 0.29) is 23.7 Å². The third-order valence-corrected chi connectivity index (χ3v) is 2.30. The molecule has 7 heteroatoms. The van der Waals surface area contributed by atoms with Crippen molar-refractivity contribution in [2.24, 2.45) is 0 Å². The monoisotopic (exact) mass is 285 g/mol. The number of hydrogen-bond donors (Lipinski definition) is 1. The summed E-state index contributed by atoms with van der Waals surface area (Å²) in [6.07, 6.45) is 3.01. The molecular weight excluding hydrogens is 278 g/mol. The Balaban J connectivity index is 2.55. The van der Waals surface area contributed by atoms with Crippen LogP contribution in [-0.2, 0) is 4.74 Å². The summed E-state index contributed by atoms with van der Waals surface area (Å²) in [5, 5.41) is 9.79. The smallest absolute Gasteiger partial charge is 0.361 e. The summed E-state index contributed by atoms with van der Waals surface area (Å²) in [6.45, 7) is 1.91. The minimum atomic E-state index is -0.665. The molecule has 2 aromatic rings. The van der Waals surface area contributed by atoms with Crippen molar-refractivity contribution in [3.8, 4) is 5.75 Å². The summed E-state index contributed by atoms with van der Waals surface area (Å²) in [4.78, 5) is 19.2. The van der Waals surface area contributed by atoms with Crippen LogP contribution in [0, 0.1) is 0 Å². The lowest BCUT2D eigenvalue weighted by Crippen LogP contribution is -2.08. The maximum Gasteiger partial charge on any atom is 0.361 e. The summed E-state index contributed by atoms with van der Waals surface area (Å²) in [7, 11) is 0. The average molecular weight is 286 g/mol. The molecule has 0 atom stereocenters. The number of halogens is 1. The Morgan fingerprint density at radius 1 is 1.69 bits per heavy atom. The van der Waals surface area contributed by atoms with Gasteiger partial charge in [-0.3, -0.25) is 4.40 Å². The van der Waals surface area contributed by atoms with E-state index >= 15 is 0 Å². The third kappa shape index (κ3) is 1.73. The Morgan fingerprint density at radius 2 is 2.44 bits per heavy atom. The number of nitrogens with zero attached hydrogens (tertiary/aromatic N) is 3. The number of carbonyl (C=O) groups is 1. The van der Waals surface area contributed by atoms with Crippen LogP contribution in [0.4, 0.5) is 0 Å². The molecule has 0 aromatic carbocycles. The topological polar surface area (TPSA) is 76.7 Å². The summed E-state index contributed by atoms with van der Waals surface area (Å²) in [6, 6.07) is 0. The Morgan fingerprint density at radius 3 is 3.12 bits per heavy atom. The fourth-order valence-corrected chi connectivity index (χ4v) is 1.65. The summed E-state index contributed by atoms with van der Waals surface area (Å²) >= 11 is 3.16. The van der Waals surface area contributed by atoms with Crippen molar-refractivity contribution in [1.82, 2.24) is 14.4 Å². The van der Waals surface area contributed by atoms with Gasteiger partial charge < -0.3 is 9.84 Å². The lowest BCUT2D eigenvalue weighted by Gasteiger charge is -2.03. The normalized spacial score (nSPS) is 10.6. The van der Waals surface area contributed by atoms with Crippen LogP contribution >= 0.6 is 15.9 Å². The van der Waals surface area contributed by atoms with Gasteiger partial charge in [0.1, 0.15) is 10.9 Å². The number of fused-ring (bicyclic) bond motifs is 1. The van der Waals surface area contributed by atoms with Gasteiger partial charge in [0.25, 0.3) is 0 Å². The second-order valence-corrected chi connectivity index (χ2v) is 3.77. The first-order valence-corrected chi connectivity index (χ1v) is 5.32. The van der Waals surface area contributed by atoms with Crippen LogP contribution in [0.1, 0.15) is 17.4 Å². The third-order valence-electron chi connectivity index (χ3n) is 1.92. The van der Waals surface area contributed by atoms with Crippen molar-refractivity contribution in [2.75, 3.05) is 6.61 Å². The quantitative estimate of drug-likeness (QED) is 0.844. The second-order valence-electron chi connectivity index (χ2n) is 2.96. The largest absolute Gasteiger partial charge is 0.503 e. The summed E-state index contributed by atoms with van der Waals surface area (Å²) in [5.41, 5.74) is 0.123. The van der Waals surface area contributed by atoms with Gasteiger partial charge in [-0.1, -0.05) is 0 Å². The van der Waals surface area contributed by atoms with Gasteiger partial charge in [0.05, 0.1) is 6.61 Å². The number of aromatic nitrogens is 3. The molecular formula is C9H8BrN3O3. The van der Waals surface area contributed by atoms with Crippen LogP contribution < -0.4 is 0 Å². The number of aromatic hydroxyl groups is 1. The predicted octanol–water partition coefficient (Wildman–Crippen LogP) is 1.37. The van der Waals surface area contributed by atoms with E-state index < -0.39 is 5.97 Å². The standard InChI is InChI=1S/C9H8BrN3O3/c1-2-16-9(15)6-7(14)8-12-5(10)3-13(8)4-11-6/h3-4,14H,2H2,1H3. The van der Waals surface area contributed by atoms with E-state index in [0.29, 0.717) is 4.60 Å². The van der Waals surface area contributed by atoms with Gasteiger partial charge in [-0.15, -0.1) is 0 Å². The van der Waals surface area contributed by atoms with Crippen molar-refractivity contribution in [1.29, 1.82) is 0 Å². The Bertz CT molecular complexity index is 552. The predicted molar refractivity (Wildman–Crippen MR) is 58.3 cm³/mol. The Labute approximate surface area is 99.0 Å². The molecule has 0 saturated heterocycles. The molecule has 0 bridgehead atoms. The zero-order valence-corrected chi connectivity index (χ0v) is 9.93. The summed E-state index contributed by atoms with van der Waals surface area (Å²) in [5.74, 6) is -0.951. The highest BCUT2D eigenvalue weighted by Gasteiger charge is 2.18. The molecule has 0 radical (unpaired) electrons. The van der Waals surface area contributed by atoms with E-state index in [1.165, 1.54) is 10.7 Å². The Hall–Kier alpha value is -1.63. The van der Waals surface area contributed by atoms with E-state index in [9.17, 15) is 9.90 Å². The highest BCUT2D eigenvalue weighted by Crippen LogP contribution is 2.23. The molecule has 0 unspecified atom stereocenters. The molecule has 2 heterocycles. The zero-order valence-electron chi connectivity index (χ0n) is 8.35.